The van der Waals surface area contributed by atoms with Crippen LogP contribution in [0.1, 0.15) is 21.6 Å². The van der Waals surface area contributed by atoms with E-state index in [-0.39, 0.29) is 18.2 Å². The highest BCUT2D eigenvalue weighted by Gasteiger charge is 2.23. The van der Waals surface area contributed by atoms with Crippen molar-refractivity contribution in [2.45, 2.75) is 13.3 Å². The Morgan fingerprint density at radius 1 is 1.00 bits per heavy atom. The number of carbonyl (C=O) groups is 2. The molecule has 192 valence electrons. The van der Waals surface area contributed by atoms with Gasteiger partial charge in [-0.05, 0) is 67.1 Å². The molecule has 0 aliphatic rings. The summed E-state index contributed by atoms with van der Waals surface area (Å²) in [4.78, 5) is 26.6. The molecule has 3 aromatic carbocycles. The largest absolute Gasteiger partial charge is 0.497 e. The maximum atomic E-state index is 13.5. The number of hydrogen-bond acceptors (Lipinski definition) is 7. The van der Waals surface area contributed by atoms with E-state index < -0.39 is 0 Å². The molecule has 0 saturated carbocycles. The minimum Gasteiger partial charge on any atom is -0.497 e. The lowest BCUT2D eigenvalue weighted by molar-refractivity contribution is -0.115. The molecule has 0 spiro atoms. The number of carbonyl (C=O) groups excluding carboxylic acids is 2. The van der Waals surface area contributed by atoms with Gasteiger partial charge in [-0.25, -0.2) is 0 Å². The summed E-state index contributed by atoms with van der Waals surface area (Å²) in [6.07, 6.45) is 0.0277. The van der Waals surface area contributed by atoms with Gasteiger partial charge in [0.25, 0.3) is 5.91 Å². The van der Waals surface area contributed by atoms with Gasteiger partial charge in [-0.2, -0.15) is 0 Å². The number of fused-ring (bicyclic) bond motifs is 1. The Labute approximate surface area is 227 Å². The average Bonchev–Trinajstić information content (AvgIpc) is 3.50. The summed E-state index contributed by atoms with van der Waals surface area (Å²) in [7, 11) is 3.17. The van der Waals surface area contributed by atoms with E-state index in [0.717, 1.165) is 10.9 Å². The fourth-order valence-electron chi connectivity index (χ4n) is 4.32. The van der Waals surface area contributed by atoms with Crippen molar-refractivity contribution in [2.24, 2.45) is 0 Å². The zero-order chi connectivity index (χ0) is 26.8. The second kappa shape index (κ2) is 10.6. The number of rotatable bonds is 7. The lowest BCUT2D eigenvalue weighted by Crippen LogP contribution is -2.16. The highest BCUT2D eigenvalue weighted by molar-refractivity contribution is 7.18. The van der Waals surface area contributed by atoms with Crippen LogP contribution in [0.15, 0.2) is 66.7 Å². The van der Waals surface area contributed by atoms with Crippen LogP contribution in [0, 0.1) is 6.92 Å². The molecule has 1 amide bonds. The predicted molar refractivity (Wildman–Crippen MR) is 149 cm³/mol. The van der Waals surface area contributed by atoms with E-state index in [4.69, 9.17) is 21.1 Å². The van der Waals surface area contributed by atoms with Crippen molar-refractivity contribution in [1.29, 1.82) is 0 Å². The molecule has 2 heterocycles. The Morgan fingerprint density at radius 2 is 1.76 bits per heavy atom. The number of nitrogens with zero attached hydrogens (tertiary/aromatic N) is 3. The Hall–Kier alpha value is -4.21. The monoisotopic (exact) mass is 546 g/mol. The highest BCUT2D eigenvalue weighted by atomic mass is 35.5. The molecular weight excluding hydrogens is 524 g/mol. The van der Waals surface area contributed by atoms with Crippen LogP contribution in [-0.4, -0.2) is 40.8 Å². The average molecular weight is 547 g/mol. The SMILES string of the molecule is COc1ccc2c(c1)c(CC(=O)Nc1nnc(-c3ccccc3OC)s1)c(C)n2C(=O)c1ccc(Cl)cc1. The van der Waals surface area contributed by atoms with E-state index in [2.05, 4.69) is 15.5 Å². The Bertz CT molecular complexity index is 1660. The topological polar surface area (TPSA) is 95.3 Å². The van der Waals surface area contributed by atoms with Crippen molar-refractivity contribution in [3.8, 4) is 22.1 Å². The number of benzene rings is 3. The van der Waals surface area contributed by atoms with Gasteiger partial charge in [0.1, 0.15) is 11.5 Å². The van der Waals surface area contributed by atoms with Crippen molar-refractivity contribution in [1.82, 2.24) is 14.8 Å². The molecule has 0 atom stereocenters. The minimum atomic E-state index is -0.281. The molecule has 0 radical (unpaired) electrons. The van der Waals surface area contributed by atoms with E-state index in [1.54, 1.807) is 49.1 Å². The molecule has 0 unspecified atom stereocenters. The molecular formula is C28H23ClN4O4S. The van der Waals surface area contributed by atoms with Gasteiger partial charge in [0, 0.05) is 21.7 Å². The number of halogens is 1. The Balaban J connectivity index is 1.46. The van der Waals surface area contributed by atoms with Crippen LogP contribution in [0.4, 0.5) is 5.13 Å². The third-order valence-corrected chi connectivity index (χ3v) is 7.31. The summed E-state index contributed by atoms with van der Waals surface area (Å²) in [5, 5.41) is 13.5. The number of methoxy groups -OCH3 is 2. The summed E-state index contributed by atoms with van der Waals surface area (Å²) < 4.78 is 12.4. The molecule has 38 heavy (non-hydrogen) atoms. The lowest BCUT2D eigenvalue weighted by atomic mass is 10.1. The first-order valence-corrected chi connectivity index (χ1v) is 12.8. The van der Waals surface area contributed by atoms with Crippen LogP contribution in [-0.2, 0) is 11.2 Å². The van der Waals surface area contributed by atoms with Crippen molar-refractivity contribution >= 4 is 50.8 Å². The molecule has 0 bridgehead atoms. The zero-order valence-electron chi connectivity index (χ0n) is 20.8. The van der Waals surface area contributed by atoms with Crippen LogP contribution in [0.3, 0.4) is 0 Å². The molecule has 5 rings (SSSR count). The highest BCUT2D eigenvalue weighted by Crippen LogP contribution is 2.34. The van der Waals surface area contributed by atoms with Gasteiger partial charge < -0.3 is 14.8 Å². The van der Waals surface area contributed by atoms with Gasteiger partial charge >= 0.3 is 0 Å². The van der Waals surface area contributed by atoms with Crippen molar-refractivity contribution in [3.05, 3.63) is 88.6 Å². The summed E-state index contributed by atoms with van der Waals surface area (Å²) >= 11 is 7.26. The number of amides is 1. The molecule has 0 aliphatic heterocycles. The first-order valence-electron chi connectivity index (χ1n) is 11.6. The summed E-state index contributed by atoms with van der Waals surface area (Å²) in [5.74, 6) is 0.799. The fourth-order valence-corrected chi connectivity index (χ4v) is 5.24. The maximum absolute atomic E-state index is 13.5. The first kappa shape index (κ1) is 25.4. The van der Waals surface area contributed by atoms with Gasteiger partial charge in [0.05, 0.1) is 31.7 Å². The number of ether oxygens (including phenoxy) is 2. The molecule has 0 fully saturated rings. The van der Waals surface area contributed by atoms with Crippen LogP contribution < -0.4 is 14.8 Å². The Morgan fingerprint density at radius 3 is 2.50 bits per heavy atom. The van der Waals surface area contributed by atoms with Gasteiger partial charge in [-0.1, -0.05) is 35.1 Å². The quantitative estimate of drug-likeness (QED) is 0.269. The number of anilines is 1. The summed E-state index contributed by atoms with van der Waals surface area (Å²) in [6, 6.07) is 19.6. The normalized spacial score (nSPS) is 10.9. The van der Waals surface area contributed by atoms with E-state index in [1.807, 2.05) is 43.3 Å². The van der Waals surface area contributed by atoms with Gasteiger partial charge in [-0.3, -0.25) is 14.2 Å². The summed E-state index contributed by atoms with van der Waals surface area (Å²) in [5.41, 5.74) is 3.34. The predicted octanol–water partition coefficient (Wildman–Crippen LogP) is 6.01. The smallest absolute Gasteiger partial charge is 0.262 e. The zero-order valence-corrected chi connectivity index (χ0v) is 22.4. The third kappa shape index (κ3) is 4.85. The third-order valence-electron chi connectivity index (χ3n) is 6.18. The lowest BCUT2D eigenvalue weighted by Gasteiger charge is -2.08. The number of para-hydroxylation sites is 1. The maximum Gasteiger partial charge on any atom is 0.262 e. The minimum absolute atomic E-state index is 0.0277. The molecule has 8 nitrogen and oxygen atoms in total. The van der Waals surface area contributed by atoms with Crippen LogP contribution in [0.5, 0.6) is 11.5 Å². The van der Waals surface area contributed by atoms with E-state index >= 15 is 0 Å². The molecule has 10 heteroatoms. The Kier molecular flexibility index (Phi) is 7.13. The molecule has 0 saturated heterocycles. The second-order valence-corrected chi connectivity index (χ2v) is 9.85. The van der Waals surface area contributed by atoms with Gasteiger partial charge in [0.15, 0.2) is 5.01 Å². The number of aromatic nitrogens is 3. The summed E-state index contributed by atoms with van der Waals surface area (Å²) in [6.45, 7) is 1.83. The van der Waals surface area contributed by atoms with Gasteiger partial charge in [0.2, 0.25) is 11.0 Å². The molecule has 0 aliphatic carbocycles. The van der Waals surface area contributed by atoms with E-state index in [9.17, 15) is 9.59 Å². The van der Waals surface area contributed by atoms with Gasteiger partial charge in [-0.15, -0.1) is 10.2 Å². The molecule has 2 aromatic heterocycles. The molecule has 5 aromatic rings. The fraction of sp³-hybridized carbons (Fsp3) is 0.143. The van der Waals surface area contributed by atoms with E-state index in [0.29, 0.717) is 49.0 Å². The van der Waals surface area contributed by atoms with Crippen LogP contribution in [0.25, 0.3) is 21.5 Å². The van der Waals surface area contributed by atoms with Crippen molar-refractivity contribution in [3.63, 3.8) is 0 Å². The number of nitrogens with one attached hydrogen (secondary N) is 1. The van der Waals surface area contributed by atoms with Crippen LogP contribution >= 0.6 is 22.9 Å². The first-order chi connectivity index (χ1) is 18.4. The van der Waals surface area contributed by atoms with Crippen molar-refractivity contribution < 1.29 is 19.1 Å². The van der Waals surface area contributed by atoms with Crippen LogP contribution in [0.2, 0.25) is 5.02 Å². The standard InChI is InChI=1S/C28H23ClN4O4S/c1-16-21(15-25(34)30-28-32-31-26(38-28)20-6-4-5-7-24(20)37-3)22-14-19(36-2)12-13-23(22)33(16)27(35)17-8-10-18(29)11-9-17/h4-14H,15H2,1-3H3,(H,30,32,34). The second-order valence-electron chi connectivity index (χ2n) is 8.43. The van der Waals surface area contributed by atoms with Crippen molar-refractivity contribution in [2.75, 3.05) is 19.5 Å². The number of hydrogen-bond donors (Lipinski definition) is 1. The molecule has 1 N–H and O–H groups in total. The van der Waals surface area contributed by atoms with E-state index in [1.165, 1.54) is 11.3 Å².